The van der Waals surface area contributed by atoms with E-state index in [1.807, 2.05) is 0 Å². The van der Waals surface area contributed by atoms with Crippen molar-refractivity contribution in [1.29, 1.82) is 0 Å². The predicted octanol–water partition coefficient (Wildman–Crippen LogP) is 0.277. The molecule has 0 spiro atoms. The van der Waals surface area contributed by atoms with E-state index in [0.29, 0.717) is 18.1 Å². The lowest BCUT2D eigenvalue weighted by molar-refractivity contribution is -0.139. The lowest BCUT2D eigenvalue weighted by atomic mass is 10.0. The summed E-state index contributed by atoms with van der Waals surface area (Å²) >= 11 is 8.45. The Morgan fingerprint density at radius 2 is 2.42 bits per heavy atom. The third-order valence-electron chi connectivity index (χ3n) is 2.19. The van der Waals surface area contributed by atoms with Crippen LogP contribution in [-0.4, -0.2) is 34.7 Å². The zero-order valence-electron chi connectivity index (χ0n) is 6.60. The zero-order valence-corrected chi connectivity index (χ0v) is 8.39. The van der Waals surface area contributed by atoms with E-state index in [4.69, 9.17) is 5.11 Å². The smallest absolute Gasteiger partial charge is 0.320 e. The molecular formula is C7H13NO2S2. The molecule has 0 aromatic rings. The molecule has 0 amide bonds. The molecule has 70 valence electrons. The van der Waals surface area contributed by atoms with Gasteiger partial charge in [-0.25, -0.2) is 0 Å². The van der Waals surface area contributed by atoms with Crippen molar-refractivity contribution in [1.82, 2.24) is 5.32 Å². The van der Waals surface area contributed by atoms with Crippen LogP contribution in [-0.2, 0) is 4.79 Å². The molecule has 1 saturated heterocycles. The average molecular weight is 207 g/mol. The minimum atomic E-state index is -0.766. The standard InChI is InChI=1S/C7H13NO2S2/c9-7(10)5-1-4(2-8-5)6(12)3-11/h4-6,8,11-12H,1-3H2,(H,9,10)/t4?,5-,6?/m0/s1. The monoisotopic (exact) mass is 207 g/mol. The Morgan fingerprint density at radius 1 is 1.75 bits per heavy atom. The Bertz CT molecular complexity index is 177. The third kappa shape index (κ3) is 2.31. The van der Waals surface area contributed by atoms with Crippen LogP contribution in [0.15, 0.2) is 0 Å². The summed E-state index contributed by atoms with van der Waals surface area (Å²) in [6.07, 6.45) is 0.671. The van der Waals surface area contributed by atoms with Crippen LogP contribution < -0.4 is 5.32 Å². The first-order valence-electron chi connectivity index (χ1n) is 3.90. The normalized spacial score (nSPS) is 31.8. The second kappa shape index (κ2) is 4.39. The van der Waals surface area contributed by atoms with Gasteiger partial charge in [0.25, 0.3) is 0 Å². The van der Waals surface area contributed by atoms with Gasteiger partial charge in [-0.3, -0.25) is 4.79 Å². The van der Waals surface area contributed by atoms with Crippen molar-refractivity contribution in [2.75, 3.05) is 12.3 Å². The fourth-order valence-electron chi connectivity index (χ4n) is 1.39. The minimum Gasteiger partial charge on any atom is -0.480 e. The van der Waals surface area contributed by atoms with Crippen molar-refractivity contribution in [3.63, 3.8) is 0 Å². The number of carbonyl (C=O) groups is 1. The van der Waals surface area contributed by atoms with E-state index in [1.54, 1.807) is 0 Å². The van der Waals surface area contributed by atoms with Gasteiger partial charge in [-0.05, 0) is 18.9 Å². The number of aliphatic carboxylic acids is 1. The van der Waals surface area contributed by atoms with Crippen LogP contribution in [0.25, 0.3) is 0 Å². The molecule has 0 bridgehead atoms. The van der Waals surface area contributed by atoms with E-state index in [0.717, 1.165) is 6.54 Å². The molecule has 12 heavy (non-hydrogen) atoms. The molecule has 0 aliphatic carbocycles. The van der Waals surface area contributed by atoms with E-state index in [2.05, 4.69) is 30.6 Å². The van der Waals surface area contributed by atoms with Gasteiger partial charge < -0.3 is 10.4 Å². The Hall–Kier alpha value is 0.130. The number of rotatable bonds is 3. The molecule has 1 aliphatic heterocycles. The summed E-state index contributed by atoms with van der Waals surface area (Å²) in [5.41, 5.74) is 0. The fourth-order valence-corrected chi connectivity index (χ4v) is 1.92. The van der Waals surface area contributed by atoms with Crippen molar-refractivity contribution in [3.05, 3.63) is 0 Å². The van der Waals surface area contributed by atoms with Gasteiger partial charge in [0.15, 0.2) is 0 Å². The zero-order chi connectivity index (χ0) is 9.14. The van der Waals surface area contributed by atoms with E-state index in [9.17, 15) is 4.79 Å². The maximum absolute atomic E-state index is 10.6. The molecular weight excluding hydrogens is 194 g/mol. The van der Waals surface area contributed by atoms with Gasteiger partial charge in [-0.2, -0.15) is 25.3 Å². The SMILES string of the molecule is O=C(O)[C@@H]1CC(C(S)CS)CN1. The van der Waals surface area contributed by atoms with Crippen molar-refractivity contribution in [2.24, 2.45) is 5.92 Å². The molecule has 0 aromatic carbocycles. The summed E-state index contributed by atoms with van der Waals surface area (Å²) < 4.78 is 0. The Labute approximate surface area is 82.7 Å². The number of hydrogen-bond donors (Lipinski definition) is 4. The Kier molecular flexibility index (Phi) is 3.74. The molecule has 1 fully saturated rings. The van der Waals surface area contributed by atoms with Crippen LogP contribution in [0.2, 0.25) is 0 Å². The summed E-state index contributed by atoms with van der Waals surface area (Å²) in [5.74, 6) is 0.269. The van der Waals surface area contributed by atoms with E-state index < -0.39 is 5.97 Å². The Morgan fingerprint density at radius 3 is 2.83 bits per heavy atom. The maximum Gasteiger partial charge on any atom is 0.320 e. The van der Waals surface area contributed by atoms with Gasteiger partial charge in [0, 0.05) is 11.0 Å². The first-order chi connectivity index (χ1) is 5.65. The van der Waals surface area contributed by atoms with Crippen molar-refractivity contribution >= 4 is 31.2 Å². The average Bonchev–Trinajstić information content (AvgIpc) is 2.51. The molecule has 5 heteroatoms. The predicted molar refractivity (Wildman–Crippen MR) is 54.2 cm³/mol. The van der Waals surface area contributed by atoms with E-state index in [1.165, 1.54) is 0 Å². The highest BCUT2D eigenvalue weighted by molar-refractivity contribution is 7.84. The summed E-state index contributed by atoms with van der Waals surface area (Å²) in [5, 5.41) is 11.8. The number of thiol groups is 2. The molecule has 3 nitrogen and oxygen atoms in total. The van der Waals surface area contributed by atoms with Crippen LogP contribution in [0.1, 0.15) is 6.42 Å². The van der Waals surface area contributed by atoms with Crippen LogP contribution in [0.4, 0.5) is 0 Å². The first-order valence-corrected chi connectivity index (χ1v) is 5.05. The summed E-state index contributed by atoms with van der Waals surface area (Å²) in [4.78, 5) is 10.6. The molecule has 2 N–H and O–H groups in total. The molecule has 0 aromatic heterocycles. The highest BCUT2D eigenvalue weighted by Gasteiger charge is 2.31. The lowest BCUT2D eigenvalue weighted by Crippen LogP contribution is -2.29. The van der Waals surface area contributed by atoms with Crippen LogP contribution in [0.3, 0.4) is 0 Å². The molecule has 1 heterocycles. The topological polar surface area (TPSA) is 49.3 Å². The molecule has 1 aliphatic rings. The van der Waals surface area contributed by atoms with Crippen LogP contribution in [0, 0.1) is 5.92 Å². The van der Waals surface area contributed by atoms with Crippen LogP contribution in [0.5, 0.6) is 0 Å². The maximum atomic E-state index is 10.6. The van der Waals surface area contributed by atoms with Gasteiger partial charge in [-0.1, -0.05) is 0 Å². The summed E-state index contributed by atoms with van der Waals surface area (Å²) in [7, 11) is 0. The molecule has 0 radical (unpaired) electrons. The molecule has 3 atom stereocenters. The van der Waals surface area contributed by atoms with Gasteiger partial charge >= 0.3 is 5.97 Å². The van der Waals surface area contributed by atoms with E-state index in [-0.39, 0.29) is 11.3 Å². The highest BCUT2D eigenvalue weighted by Crippen LogP contribution is 2.22. The highest BCUT2D eigenvalue weighted by atomic mass is 32.1. The van der Waals surface area contributed by atoms with Crippen LogP contribution >= 0.6 is 25.3 Å². The second-order valence-corrected chi connectivity index (χ2v) is 4.07. The number of nitrogens with one attached hydrogen (secondary N) is 1. The largest absolute Gasteiger partial charge is 0.480 e. The number of carboxylic acids is 1. The van der Waals surface area contributed by atoms with Crippen molar-refractivity contribution in [2.45, 2.75) is 17.7 Å². The summed E-state index contributed by atoms with van der Waals surface area (Å²) in [6.45, 7) is 0.742. The quantitative estimate of drug-likeness (QED) is 0.503. The van der Waals surface area contributed by atoms with Gasteiger partial charge in [0.1, 0.15) is 6.04 Å². The molecule has 1 rings (SSSR count). The van der Waals surface area contributed by atoms with Gasteiger partial charge in [-0.15, -0.1) is 0 Å². The number of hydrogen-bond acceptors (Lipinski definition) is 4. The second-order valence-electron chi connectivity index (χ2n) is 3.04. The minimum absolute atomic E-state index is 0.199. The van der Waals surface area contributed by atoms with Crippen molar-refractivity contribution in [3.8, 4) is 0 Å². The third-order valence-corrected chi connectivity index (χ3v) is 3.48. The molecule has 2 unspecified atom stereocenters. The van der Waals surface area contributed by atoms with Gasteiger partial charge in [0.05, 0.1) is 0 Å². The fraction of sp³-hybridized carbons (Fsp3) is 0.857. The van der Waals surface area contributed by atoms with Crippen molar-refractivity contribution < 1.29 is 9.90 Å². The first kappa shape index (κ1) is 10.2. The van der Waals surface area contributed by atoms with Gasteiger partial charge in [0.2, 0.25) is 0 Å². The summed E-state index contributed by atoms with van der Waals surface area (Å²) in [6, 6.07) is -0.385. The number of carboxylic acid groups (broad SMARTS) is 1. The molecule has 0 saturated carbocycles. The Balaban J connectivity index is 2.40. The van der Waals surface area contributed by atoms with E-state index >= 15 is 0 Å². The lowest BCUT2D eigenvalue weighted by Gasteiger charge is -2.13.